The van der Waals surface area contributed by atoms with Crippen LogP contribution in [-0.4, -0.2) is 27.6 Å². The average molecular weight is 272 g/mol. The molecule has 3 heterocycles. The van der Waals surface area contributed by atoms with Gasteiger partial charge in [-0.05, 0) is 56.8 Å². The average Bonchev–Trinajstić information content (AvgIpc) is 2.77. The molecule has 2 aromatic heterocycles. The van der Waals surface area contributed by atoms with Crippen LogP contribution in [0.25, 0.3) is 11.2 Å². The summed E-state index contributed by atoms with van der Waals surface area (Å²) in [6.07, 6.45) is 6.72. The minimum atomic E-state index is 0.708. The van der Waals surface area contributed by atoms with Crippen molar-refractivity contribution in [2.24, 2.45) is 5.92 Å². The smallest absolute Gasteiger partial charge is 0.160 e. The SMILES string of the molecule is CCCc1nc2cc(C)cnc2n1CC1CCCNC1. The van der Waals surface area contributed by atoms with Gasteiger partial charge in [0.15, 0.2) is 5.65 Å². The zero-order valence-corrected chi connectivity index (χ0v) is 12.5. The van der Waals surface area contributed by atoms with Gasteiger partial charge >= 0.3 is 0 Å². The number of aryl methyl sites for hydroxylation is 2. The highest BCUT2D eigenvalue weighted by Gasteiger charge is 2.18. The van der Waals surface area contributed by atoms with Crippen molar-refractivity contribution in [1.82, 2.24) is 19.9 Å². The Balaban J connectivity index is 1.95. The van der Waals surface area contributed by atoms with Gasteiger partial charge in [-0.25, -0.2) is 9.97 Å². The summed E-state index contributed by atoms with van der Waals surface area (Å²) in [7, 11) is 0. The lowest BCUT2D eigenvalue weighted by Gasteiger charge is -2.24. The number of hydrogen-bond donors (Lipinski definition) is 1. The Morgan fingerprint density at radius 3 is 3.10 bits per heavy atom. The number of rotatable bonds is 4. The fraction of sp³-hybridized carbons (Fsp3) is 0.625. The van der Waals surface area contributed by atoms with Crippen LogP contribution in [0.4, 0.5) is 0 Å². The first-order chi connectivity index (χ1) is 9.78. The Hall–Kier alpha value is -1.42. The van der Waals surface area contributed by atoms with Crippen LogP contribution in [0.3, 0.4) is 0 Å². The number of piperidine rings is 1. The van der Waals surface area contributed by atoms with Crippen molar-refractivity contribution in [3.8, 4) is 0 Å². The molecule has 1 aliphatic heterocycles. The van der Waals surface area contributed by atoms with Crippen molar-refractivity contribution in [2.75, 3.05) is 13.1 Å². The quantitative estimate of drug-likeness (QED) is 0.930. The largest absolute Gasteiger partial charge is 0.316 e. The van der Waals surface area contributed by atoms with Crippen molar-refractivity contribution < 1.29 is 0 Å². The molecular formula is C16H24N4. The molecule has 0 saturated carbocycles. The number of nitrogens with zero attached hydrogens (tertiary/aromatic N) is 3. The third kappa shape index (κ3) is 2.70. The molecule has 1 saturated heterocycles. The molecule has 3 rings (SSSR count). The number of hydrogen-bond acceptors (Lipinski definition) is 3. The summed E-state index contributed by atoms with van der Waals surface area (Å²) in [5.74, 6) is 1.91. The maximum atomic E-state index is 4.81. The highest BCUT2D eigenvalue weighted by molar-refractivity contribution is 5.72. The second-order valence-electron chi connectivity index (χ2n) is 5.96. The van der Waals surface area contributed by atoms with Crippen molar-refractivity contribution in [3.63, 3.8) is 0 Å². The van der Waals surface area contributed by atoms with Crippen molar-refractivity contribution >= 4 is 11.2 Å². The molecule has 0 aromatic carbocycles. The Kier molecular flexibility index (Phi) is 4.01. The molecule has 2 aromatic rings. The summed E-state index contributed by atoms with van der Waals surface area (Å²) in [5.41, 5.74) is 3.30. The summed E-state index contributed by atoms with van der Waals surface area (Å²) < 4.78 is 2.36. The maximum absolute atomic E-state index is 4.81. The van der Waals surface area contributed by atoms with E-state index >= 15 is 0 Å². The van der Waals surface area contributed by atoms with Crippen molar-refractivity contribution in [2.45, 2.75) is 46.1 Å². The first-order valence-corrected chi connectivity index (χ1v) is 7.80. The van der Waals surface area contributed by atoms with Gasteiger partial charge in [-0.2, -0.15) is 0 Å². The van der Waals surface area contributed by atoms with Crippen LogP contribution in [0.2, 0.25) is 0 Å². The van der Waals surface area contributed by atoms with Crippen molar-refractivity contribution in [1.29, 1.82) is 0 Å². The molecule has 0 bridgehead atoms. The monoisotopic (exact) mass is 272 g/mol. The lowest BCUT2D eigenvalue weighted by atomic mass is 9.99. The molecule has 1 aliphatic rings. The molecule has 0 radical (unpaired) electrons. The maximum Gasteiger partial charge on any atom is 0.160 e. The zero-order valence-electron chi connectivity index (χ0n) is 12.5. The molecule has 1 unspecified atom stereocenters. The van der Waals surface area contributed by atoms with Gasteiger partial charge in [-0.15, -0.1) is 0 Å². The lowest BCUT2D eigenvalue weighted by Crippen LogP contribution is -2.32. The second kappa shape index (κ2) is 5.92. The number of imidazole rings is 1. The van der Waals surface area contributed by atoms with E-state index in [1.807, 2.05) is 6.20 Å². The van der Waals surface area contributed by atoms with Crippen LogP contribution in [0.15, 0.2) is 12.3 Å². The van der Waals surface area contributed by atoms with Gasteiger partial charge in [-0.3, -0.25) is 0 Å². The molecular weight excluding hydrogens is 248 g/mol. The predicted molar refractivity (Wildman–Crippen MR) is 81.9 cm³/mol. The van der Waals surface area contributed by atoms with Crippen molar-refractivity contribution in [3.05, 3.63) is 23.7 Å². The van der Waals surface area contributed by atoms with Gasteiger partial charge in [0.1, 0.15) is 11.3 Å². The van der Waals surface area contributed by atoms with E-state index in [2.05, 4.69) is 34.8 Å². The van der Waals surface area contributed by atoms with E-state index < -0.39 is 0 Å². The minimum Gasteiger partial charge on any atom is -0.316 e. The number of fused-ring (bicyclic) bond motifs is 1. The fourth-order valence-electron chi connectivity index (χ4n) is 3.10. The number of aromatic nitrogens is 3. The third-order valence-corrected chi connectivity index (χ3v) is 4.11. The molecule has 4 nitrogen and oxygen atoms in total. The van der Waals surface area contributed by atoms with Gasteiger partial charge in [0.05, 0.1) is 0 Å². The molecule has 4 heteroatoms. The van der Waals surface area contributed by atoms with E-state index in [0.29, 0.717) is 5.92 Å². The number of nitrogens with one attached hydrogen (secondary N) is 1. The van der Waals surface area contributed by atoms with Crippen LogP contribution < -0.4 is 5.32 Å². The summed E-state index contributed by atoms with van der Waals surface area (Å²) in [5, 5.41) is 3.50. The first kappa shape index (κ1) is 13.6. The molecule has 0 aliphatic carbocycles. The zero-order chi connectivity index (χ0) is 13.9. The van der Waals surface area contributed by atoms with E-state index in [0.717, 1.165) is 37.1 Å². The minimum absolute atomic E-state index is 0.708. The molecule has 1 atom stereocenters. The summed E-state index contributed by atoms with van der Waals surface area (Å²) >= 11 is 0. The van der Waals surface area contributed by atoms with E-state index in [9.17, 15) is 0 Å². The van der Waals surface area contributed by atoms with Crippen LogP contribution in [0.1, 0.15) is 37.6 Å². The molecule has 1 fully saturated rings. The Morgan fingerprint density at radius 2 is 2.35 bits per heavy atom. The van der Waals surface area contributed by atoms with Crippen LogP contribution in [0, 0.1) is 12.8 Å². The summed E-state index contributed by atoms with van der Waals surface area (Å²) in [4.78, 5) is 9.44. The van der Waals surface area contributed by atoms with Gasteiger partial charge in [0, 0.05) is 19.2 Å². The van der Waals surface area contributed by atoms with Gasteiger partial charge < -0.3 is 9.88 Å². The Morgan fingerprint density at radius 1 is 1.45 bits per heavy atom. The lowest BCUT2D eigenvalue weighted by molar-refractivity contribution is 0.336. The van der Waals surface area contributed by atoms with Crippen LogP contribution in [-0.2, 0) is 13.0 Å². The molecule has 0 amide bonds. The van der Waals surface area contributed by atoms with Crippen LogP contribution in [0.5, 0.6) is 0 Å². The standard InChI is InChI=1S/C16H24N4/c1-3-5-15-19-14-8-12(2)9-18-16(14)20(15)11-13-6-4-7-17-10-13/h8-9,13,17H,3-7,10-11H2,1-2H3. The summed E-state index contributed by atoms with van der Waals surface area (Å²) in [6, 6.07) is 2.15. The van der Waals surface area contributed by atoms with Gasteiger partial charge in [-0.1, -0.05) is 6.92 Å². The molecule has 1 N–H and O–H groups in total. The molecule has 20 heavy (non-hydrogen) atoms. The summed E-state index contributed by atoms with van der Waals surface area (Å²) in [6.45, 7) is 7.63. The highest BCUT2D eigenvalue weighted by atomic mass is 15.1. The first-order valence-electron chi connectivity index (χ1n) is 7.80. The van der Waals surface area contributed by atoms with Gasteiger partial charge in [0.2, 0.25) is 0 Å². The van der Waals surface area contributed by atoms with E-state index in [-0.39, 0.29) is 0 Å². The van der Waals surface area contributed by atoms with Crippen LogP contribution >= 0.6 is 0 Å². The second-order valence-corrected chi connectivity index (χ2v) is 5.96. The van der Waals surface area contributed by atoms with E-state index in [4.69, 9.17) is 4.98 Å². The third-order valence-electron chi connectivity index (χ3n) is 4.11. The number of pyridine rings is 1. The van der Waals surface area contributed by atoms with E-state index in [1.54, 1.807) is 0 Å². The fourth-order valence-corrected chi connectivity index (χ4v) is 3.10. The molecule has 108 valence electrons. The normalized spacial score (nSPS) is 19.6. The topological polar surface area (TPSA) is 42.7 Å². The predicted octanol–water partition coefficient (Wildman–Crippen LogP) is 2.69. The Labute approximate surface area is 120 Å². The van der Waals surface area contributed by atoms with E-state index in [1.165, 1.54) is 30.8 Å². The molecule has 0 spiro atoms. The highest BCUT2D eigenvalue weighted by Crippen LogP contribution is 2.20. The van der Waals surface area contributed by atoms with Gasteiger partial charge in [0.25, 0.3) is 0 Å². The Bertz CT molecular complexity index is 581.